The molecule has 9 heteroatoms. The van der Waals surface area contributed by atoms with E-state index in [2.05, 4.69) is 17.2 Å². The quantitative estimate of drug-likeness (QED) is 0.293. The van der Waals surface area contributed by atoms with E-state index in [4.69, 9.17) is 23.7 Å². The van der Waals surface area contributed by atoms with Gasteiger partial charge in [0, 0.05) is 44.8 Å². The molecule has 1 aliphatic heterocycles. The molecule has 218 valence electrons. The Labute approximate surface area is 232 Å². The van der Waals surface area contributed by atoms with Gasteiger partial charge in [0.1, 0.15) is 11.4 Å². The summed E-state index contributed by atoms with van der Waals surface area (Å²) < 4.78 is 29.8. The second-order valence-corrected chi connectivity index (χ2v) is 12.9. The molecule has 2 heterocycles. The first kappa shape index (κ1) is 29.6. The molecule has 3 aliphatic rings. The van der Waals surface area contributed by atoms with E-state index >= 15 is 0 Å². The van der Waals surface area contributed by atoms with Crippen LogP contribution in [0.25, 0.3) is 0 Å². The van der Waals surface area contributed by atoms with E-state index in [0.29, 0.717) is 24.0 Å². The monoisotopic (exact) mass is 546 g/mol. The molecule has 1 saturated heterocycles. The van der Waals surface area contributed by atoms with Crippen LogP contribution in [0.1, 0.15) is 92.2 Å². The van der Waals surface area contributed by atoms with Gasteiger partial charge in [0.2, 0.25) is 5.79 Å². The summed E-state index contributed by atoms with van der Waals surface area (Å²) in [7, 11) is 0. The highest BCUT2D eigenvalue weighted by atomic mass is 16.8. The lowest BCUT2D eigenvalue weighted by molar-refractivity contribution is -0.172. The highest BCUT2D eigenvalue weighted by Gasteiger charge is 2.59. The van der Waals surface area contributed by atoms with Crippen molar-refractivity contribution >= 4 is 12.1 Å². The van der Waals surface area contributed by atoms with E-state index in [1.165, 1.54) is 12.8 Å². The van der Waals surface area contributed by atoms with E-state index in [0.717, 1.165) is 38.0 Å². The number of amides is 1. The van der Waals surface area contributed by atoms with Crippen molar-refractivity contribution in [2.45, 2.75) is 122 Å². The first-order chi connectivity index (χ1) is 18.3. The number of carbonyl (C=O) groups is 2. The molecule has 3 fully saturated rings. The molecule has 2 saturated carbocycles. The van der Waals surface area contributed by atoms with Crippen molar-refractivity contribution in [3.05, 3.63) is 24.0 Å². The highest BCUT2D eigenvalue weighted by molar-refractivity contribution is 5.84. The van der Waals surface area contributed by atoms with Crippen molar-refractivity contribution in [3.63, 3.8) is 0 Å². The zero-order chi connectivity index (χ0) is 28.3. The van der Waals surface area contributed by atoms with Crippen LogP contribution < -0.4 is 10.1 Å². The molecule has 0 unspecified atom stereocenters. The third-order valence-corrected chi connectivity index (χ3v) is 7.52. The van der Waals surface area contributed by atoms with Crippen molar-refractivity contribution in [1.82, 2.24) is 10.3 Å². The van der Waals surface area contributed by atoms with Crippen molar-refractivity contribution in [3.8, 4) is 5.75 Å². The van der Waals surface area contributed by atoms with Gasteiger partial charge in [-0.15, -0.1) is 0 Å². The van der Waals surface area contributed by atoms with Crippen LogP contribution in [0, 0.1) is 11.8 Å². The summed E-state index contributed by atoms with van der Waals surface area (Å²) in [5, 5.41) is 2.86. The number of aromatic nitrogens is 1. The van der Waals surface area contributed by atoms with Crippen LogP contribution in [-0.2, 0) is 30.2 Å². The Kier molecular flexibility index (Phi) is 9.11. The summed E-state index contributed by atoms with van der Waals surface area (Å²) in [6.45, 7) is 11.6. The molecular weight excluding hydrogens is 500 g/mol. The maximum atomic E-state index is 13.6. The zero-order valence-corrected chi connectivity index (χ0v) is 24.4. The van der Waals surface area contributed by atoms with Crippen LogP contribution in [0.2, 0.25) is 0 Å². The molecule has 2 atom stereocenters. The Bertz CT molecular complexity index is 995. The van der Waals surface area contributed by atoms with Crippen molar-refractivity contribution in [1.29, 1.82) is 0 Å². The molecule has 0 spiro atoms. The van der Waals surface area contributed by atoms with Crippen LogP contribution in [0.15, 0.2) is 18.3 Å². The first-order valence-corrected chi connectivity index (χ1v) is 14.5. The van der Waals surface area contributed by atoms with Crippen LogP contribution in [-0.4, -0.2) is 59.4 Å². The molecule has 2 aliphatic carbocycles. The Morgan fingerprint density at radius 1 is 1.18 bits per heavy atom. The Hall–Kier alpha value is -2.39. The van der Waals surface area contributed by atoms with Gasteiger partial charge in [-0.05, 0) is 70.8 Å². The number of nitrogens with zero attached hydrogens (tertiary/aromatic N) is 1. The second kappa shape index (κ2) is 12.0. The summed E-state index contributed by atoms with van der Waals surface area (Å²) in [4.78, 5) is 31.0. The minimum atomic E-state index is -1.56. The van der Waals surface area contributed by atoms with E-state index in [1.54, 1.807) is 40.8 Å². The van der Waals surface area contributed by atoms with E-state index in [-0.39, 0.29) is 19.1 Å². The third-order valence-electron chi connectivity index (χ3n) is 7.52. The number of alkyl carbamates (subject to hydrolysis) is 1. The lowest BCUT2D eigenvalue weighted by atomic mass is 9.88. The molecule has 4 rings (SSSR count). The predicted molar refractivity (Wildman–Crippen MR) is 145 cm³/mol. The third kappa shape index (κ3) is 8.55. The number of hydrogen-bond donors (Lipinski definition) is 1. The second-order valence-electron chi connectivity index (χ2n) is 12.9. The molecule has 9 nitrogen and oxygen atoms in total. The lowest BCUT2D eigenvalue weighted by Gasteiger charge is -2.35. The minimum Gasteiger partial charge on any atom is -0.490 e. The summed E-state index contributed by atoms with van der Waals surface area (Å²) in [6, 6.07) is 2.82. The van der Waals surface area contributed by atoms with Crippen LogP contribution in [0.3, 0.4) is 0 Å². The molecule has 1 aromatic rings. The topological polar surface area (TPSA) is 105 Å². The van der Waals surface area contributed by atoms with Gasteiger partial charge in [-0.25, -0.2) is 9.59 Å². The number of ether oxygens (including phenoxy) is 5. The van der Waals surface area contributed by atoms with Crippen molar-refractivity contribution < 1.29 is 33.3 Å². The van der Waals surface area contributed by atoms with Crippen LogP contribution in [0.5, 0.6) is 5.75 Å². The average Bonchev–Trinajstić information content (AvgIpc) is 3.61. The molecule has 0 aromatic carbocycles. The summed E-state index contributed by atoms with van der Waals surface area (Å²) >= 11 is 0. The highest BCUT2D eigenvalue weighted by Crippen LogP contribution is 2.38. The van der Waals surface area contributed by atoms with Gasteiger partial charge in [0.15, 0.2) is 5.60 Å². The maximum Gasteiger partial charge on any atom is 0.408 e. The van der Waals surface area contributed by atoms with E-state index in [1.807, 2.05) is 12.1 Å². The standard InChI is InChI=1S/C30H46N2O7/c1-20-7-11-23(12-8-20)36-24-13-15-31-22(17-24)18-30(26(33)37-29(5,6)39-30)25(19-35-16-14-21-9-10-21)32-27(34)38-28(2,3)4/h13,15,17,20-21,23,25H,7-12,14,16,18-19H2,1-6H3,(H,32,34)/t20?,23?,25-,30+/m0/s1. The fourth-order valence-corrected chi connectivity index (χ4v) is 5.29. The number of rotatable bonds is 11. The molecular formula is C30H46N2O7. The zero-order valence-electron chi connectivity index (χ0n) is 24.4. The van der Waals surface area contributed by atoms with Crippen LogP contribution >= 0.6 is 0 Å². The molecule has 39 heavy (non-hydrogen) atoms. The number of cyclic esters (lactones) is 1. The Morgan fingerprint density at radius 3 is 2.51 bits per heavy atom. The number of nitrogens with one attached hydrogen (secondary N) is 1. The van der Waals surface area contributed by atoms with Crippen molar-refractivity contribution in [2.75, 3.05) is 13.2 Å². The first-order valence-electron chi connectivity index (χ1n) is 14.5. The fourth-order valence-electron chi connectivity index (χ4n) is 5.29. The minimum absolute atomic E-state index is 0.0631. The number of hydrogen-bond acceptors (Lipinski definition) is 8. The van der Waals surface area contributed by atoms with Gasteiger partial charge in [-0.3, -0.25) is 4.98 Å². The number of pyridine rings is 1. The van der Waals surface area contributed by atoms with E-state index < -0.39 is 35.1 Å². The lowest BCUT2D eigenvalue weighted by Crippen LogP contribution is -2.61. The number of esters is 1. The summed E-state index contributed by atoms with van der Waals surface area (Å²) in [5.74, 6) is 0.368. The van der Waals surface area contributed by atoms with Gasteiger partial charge < -0.3 is 29.0 Å². The number of carbonyl (C=O) groups excluding carboxylic acids is 2. The Morgan fingerprint density at radius 2 is 1.90 bits per heavy atom. The molecule has 1 aromatic heterocycles. The molecule has 1 N–H and O–H groups in total. The predicted octanol–water partition coefficient (Wildman–Crippen LogP) is 5.34. The van der Waals surface area contributed by atoms with Crippen LogP contribution in [0.4, 0.5) is 4.79 Å². The average molecular weight is 547 g/mol. The fraction of sp³-hybridized carbons (Fsp3) is 0.767. The maximum absolute atomic E-state index is 13.6. The smallest absolute Gasteiger partial charge is 0.408 e. The summed E-state index contributed by atoms with van der Waals surface area (Å²) in [5.41, 5.74) is -1.68. The van der Waals surface area contributed by atoms with Gasteiger partial charge >= 0.3 is 12.1 Å². The van der Waals surface area contributed by atoms with Gasteiger partial charge in [0.05, 0.1) is 18.8 Å². The summed E-state index contributed by atoms with van der Waals surface area (Å²) in [6.07, 6.45) is 8.99. The molecule has 0 radical (unpaired) electrons. The molecule has 1 amide bonds. The Balaban J connectivity index is 1.56. The van der Waals surface area contributed by atoms with E-state index in [9.17, 15) is 9.59 Å². The SMILES string of the molecule is CC1CCC(Oc2ccnc(C[C@]3([C@H](COCCC4CC4)NC(=O)OC(C)(C)C)OC(C)(C)OC3=O)c2)CC1. The van der Waals surface area contributed by atoms with Gasteiger partial charge in [-0.1, -0.05) is 19.8 Å². The normalized spacial score (nSPS) is 27.5. The largest absolute Gasteiger partial charge is 0.490 e. The molecule has 0 bridgehead atoms. The van der Waals surface area contributed by atoms with Crippen molar-refractivity contribution in [2.24, 2.45) is 11.8 Å². The van der Waals surface area contributed by atoms with Gasteiger partial charge in [0.25, 0.3) is 0 Å². The van der Waals surface area contributed by atoms with Gasteiger partial charge in [-0.2, -0.15) is 0 Å².